The largest absolute Gasteiger partial charge is 0.433 e. The number of nitrogens with one attached hydrogen (secondary N) is 1. The number of hydrogen-bond donors (Lipinski definition) is 1. The van der Waals surface area contributed by atoms with Crippen LogP contribution in [0.5, 0.6) is 0 Å². The van der Waals surface area contributed by atoms with Gasteiger partial charge in [-0.25, -0.2) is 9.37 Å². The van der Waals surface area contributed by atoms with Gasteiger partial charge in [0.1, 0.15) is 23.4 Å². The van der Waals surface area contributed by atoms with Crippen molar-refractivity contribution in [2.24, 2.45) is 0 Å². The first-order valence-corrected chi connectivity index (χ1v) is 5.83. The van der Waals surface area contributed by atoms with Gasteiger partial charge in [-0.1, -0.05) is 6.07 Å². The lowest BCUT2D eigenvalue weighted by Gasteiger charge is -2.12. The number of aromatic nitrogens is 1. The van der Waals surface area contributed by atoms with Crippen LogP contribution in [-0.4, -0.2) is 4.98 Å². The van der Waals surface area contributed by atoms with Crippen LogP contribution in [0.15, 0.2) is 30.3 Å². The van der Waals surface area contributed by atoms with Crippen LogP contribution < -0.4 is 5.32 Å². The second-order valence-electron chi connectivity index (χ2n) is 4.31. The summed E-state index contributed by atoms with van der Waals surface area (Å²) in [6.45, 7) is 1.68. The smallest absolute Gasteiger partial charge is 0.337 e. The van der Waals surface area contributed by atoms with Gasteiger partial charge in [-0.15, -0.1) is 0 Å². The first kappa shape index (κ1) is 14.8. The molecule has 2 aromatic rings. The van der Waals surface area contributed by atoms with Gasteiger partial charge < -0.3 is 5.32 Å². The van der Waals surface area contributed by atoms with Crippen molar-refractivity contribution in [2.45, 2.75) is 13.1 Å². The molecular weight excluding hydrogens is 286 g/mol. The molecule has 1 heterocycles. The van der Waals surface area contributed by atoms with Crippen molar-refractivity contribution >= 4 is 11.5 Å². The number of aryl methyl sites for hydroxylation is 1. The minimum atomic E-state index is -4.64. The van der Waals surface area contributed by atoms with Crippen LogP contribution in [-0.2, 0) is 6.18 Å². The van der Waals surface area contributed by atoms with E-state index in [0.717, 1.165) is 6.07 Å². The number of halogens is 4. The van der Waals surface area contributed by atoms with Gasteiger partial charge in [-0.05, 0) is 36.8 Å². The van der Waals surface area contributed by atoms with E-state index in [1.165, 1.54) is 12.1 Å². The summed E-state index contributed by atoms with van der Waals surface area (Å²) in [5, 5.41) is 11.3. The highest BCUT2D eigenvalue weighted by Gasteiger charge is 2.33. The van der Waals surface area contributed by atoms with Crippen LogP contribution in [0.1, 0.15) is 16.8 Å². The summed E-state index contributed by atoms with van der Waals surface area (Å²) >= 11 is 0. The van der Waals surface area contributed by atoms with Crippen molar-refractivity contribution < 1.29 is 17.6 Å². The number of alkyl halides is 3. The summed E-state index contributed by atoms with van der Waals surface area (Å²) in [6, 6.07) is 7.59. The number of benzene rings is 1. The Morgan fingerprint density at radius 1 is 1.19 bits per heavy atom. The molecule has 0 bridgehead atoms. The Bertz CT molecular complexity index is 717. The number of nitrogens with zero attached hydrogens (tertiary/aromatic N) is 2. The van der Waals surface area contributed by atoms with Crippen molar-refractivity contribution in [1.29, 1.82) is 5.26 Å². The number of nitriles is 1. The average molecular weight is 295 g/mol. The molecule has 2 rings (SSSR count). The van der Waals surface area contributed by atoms with E-state index in [4.69, 9.17) is 5.26 Å². The van der Waals surface area contributed by atoms with Crippen molar-refractivity contribution in [3.8, 4) is 6.07 Å². The molecule has 0 aliphatic carbocycles. The Morgan fingerprint density at radius 3 is 2.48 bits per heavy atom. The molecule has 0 radical (unpaired) electrons. The van der Waals surface area contributed by atoms with Gasteiger partial charge in [-0.2, -0.15) is 18.4 Å². The molecule has 0 aliphatic rings. The first-order chi connectivity index (χ1) is 9.81. The monoisotopic (exact) mass is 295 g/mol. The molecule has 0 fully saturated rings. The SMILES string of the molecule is Cc1ccc(Nc2nc(C(F)(F)F)ccc2C#N)c(F)c1. The number of rotatable bonds is 2. The predicted molar refractivity (Wildman–Crippen MR) is 68.4 cm³/mol. The summed E-state index contributed by atoms with van der Waals surface area (Å²) in [4.78, 5) is 3.35. The molecule has 0 spiro atoms. The minimum absolute atomic E-state index is 0.0519. The second kappa shape index (κ2) is 5.40. The van der Waals surface area contributed by atoms with E-state index < -0.39 is 17.7 Å². The normalized spacial score (nSPS) is 11.0. The van der Waals surface area contributed by atoms with Crippen LogP contribution >= 0.6 is 0 Å². The highest BCUT2D eigenvalue weighted by molar-refractivity contribution is 5.63. The Hall–Kier alpha value is -2.62. The van der Waals surface area contributed by atoms with Gasteiger partial charge in [0.05, 0.1) is 11.3 Å². The third-order valence-corrected chi connectivity index (χ3v) is 2.68. The van der Waals surface area contributed by atoms with E-state index in [0.29, 0.717) is 11.6 Å². The third kappa shape index (κ3) is 3.28. The van der Waals surface area contributed by atoms with E-state index in [1.54, 1.807) is 19.1 Å². The fourth-order valence-corrected chi connectivity index (χ4v) is 1.65. The van der Waals surface area contributed by atoms with Gasteiger partial charge >= 0.3 is 6.18 Å². The Balaban J connectivity index is 2.45. The van der Waals surface area contributed by atoms with Crippen LogP contribution in [0.25, 0.3) is 0 Å². The Morgan fingerprint density at radius 2 is 1.90 bits per heavy atom. The van der Waals surface area contributed by atoms with Crippen molar-refractivity contribution in [1.82, 2.24) is 4.98 Å². The van der Waals surface area contributed by atoms with E-state index >= 15 is 0 Å². The molecule has 7 heteroatoms. The molecule has 0 aliphatic heterocycles. The minimum Gasteiger partial charge on any atom is -0.337 e. The number of hydrogen-bond acceptors (Lipinski definition) is 3. The summed E-state index contributed by atoms with van der Waals surface area (Å²) in [5.41, 5.74) is -0.654. The molecule has 1 N–H and O–H groups in total. The first-order valence-electron chi connectivity index (χ1n) is 5.83. The molecule has 1 aromatic heterocycles. The Labute approximate surface area is 117 Å². The molecule has 0 amide bonds. The van der Waals surface area contributed by atoms with Gasteiger partial charge in [0.2, 0.25) is 0 Å². The number of pyridine rings is 1. The molecule has 108 valence electrons. The van der Waals surface area contributed by atoms with E-state index in [1.807, 2.05) is 0 Å². The van der Waals surface area contributed by atoms with Crippen LogP contribution in [0.3, 0.4) is 0 Å². The molecule has 0 unspecified atom stereocenters. The van der Waals surface area contributed by atoms with E-state index in [-0.39, 0.29) is 17.1 Å². The maximum absolute atomic E-state index is 13.7. The summed E-state index contributed by atoms with van der Waals surface area (Å²) in [5.74, 6) is -0.979. The lowest BCUT2D eigenvalue weighted by atomic mass is 10.2. The Kier molecular flexibility index (Phi) is 3.80. The molecule has 21 heavy (non-hydrogen) atoms. The van der Waals surface area contributed by atoms with Gasteiger partial charge in [0, 0.05) is 0 Å². The topological polar surface area (TPSA) is 48.7 Å². The fraction of sp³-hybridized carbons (Fsp3) is 0.143. The zero-order valence-corrected chi connectivity index (χ0v) is 10.8. The summed E-state index contributed by atoms with van der Waals surface area (Å²) in [7, 11) is 0. The predicted octanol–water partition coefficient (Wildman–Crippen LogP) is 4.16. The summed E-state index contributed by atoms with van der Waals surface area (Å²) in [6.07, 6.45) is -4.64. The van der Waals surface area contributed by atoms with Crippen LogP contribution in [0.4, 0.5) is 29.1 Å². The zero-order valence-electron chi connectivity index (χ0n) is 10.8. The standard InChI is InChI=1S/C14H9F4N3/c1-8-2-4-11(10(15)6-8)20-13-9(7-19)3-5-12(21-13)14(16,17)18/h2-6H,1H3,(H,20,21). The maximum atomic E-state index is 13.7. The fourth-order valence-electron chi connectivity index (χ4n) is 1.65. The van der Waals surface area contributed by atoms with Gasteiger partial charge in [0.15, 0.2) is 0 Å². The highest BCUT2D eigenvalue weighted by Crippen LogP contribution is 2.30. The molecule has 0 atom stereocenters. The van der Waals surface area contributed by atoms with Crippen LogP contribution in [0, 0.1) is 24.1 Å². The average Bonchev–Trinajstić information content (AvgIpc) is 2.41. The summed E-state index contributed by atoms with van der Waals surface area (Å²) < 4.78 is 51.6. The highest BCUT2D eigenvalue weighted by atomic mass is 19.4. The van der Waals surface area contributed by atoms with Crippen molar-refractivity contribution in [3.63, 3.8) is 0 Å². The second-order valence-corrected chi connectivity index (χ2v) is 4.31. The quantitative estimate of drug-likeness (QED) is 0.846. The van der Waals surface area contributed by atoms with E-state index in [9.17, 15) is 17.6 Å². The van der Waals surface area contributed by atoms with Gasteiger partial charge in [0.25, 0.3) is 0 Å². The zero-order chi connectivity index (χ0) is 15.6. The molecule has 3 nitrogen and oxygen atoms in total. The molecule has 0 saturated heterocycles. The maximum Gasteiger partial charge on any atom is 0.433 e. The molecular formula is C14H9F4N3. The van der Waals surface area contributed by atoms with Crippen molar-refractivity contribution in [2.75, 3.05) is 5.32 Å². The third-order valence-electron chi connectivity index (χ3n) is 2.68. The van der Waals surface area contributed by atoms with Crippen LogP contribution in [0.2, 0.25) is 0 Å². The van der Waals surface area contributed by atoms with Gasteiger partial charge in [-0.3, -0.25) is 0 Å². The lowest BCUT2D eigenvalue weighted by Crippen LogP contribution is -2.10. The van der Waals surface area contributed by atoms with Crippen molar-refractivity contribution in [3.05, 3.63) is 53.0 Å². The molecule has 1 aromatic carbocycles. The lowest BCUT2D eigenvalue weighted by molar-refractivity contribution is -0.141. The molecule has 0 saturated carbocycles. The number of anilines is 2. The van der Waals surface area contributed by atoms with E-state index in [2.05, 4.69) is 10.3 Å².